The van der Waals surface area contributed by atoms with E-state index in [2.05, 4.69) is 32.6 Å². The first kappa shape index (κ1) is 19.2. The summed E-state index contributed by atoms with van der Waals surface area (Å²) >= 11 is 0. The molecule has 0 aliphatic carbocycles. The zero-order valence-corrected chi connectivity index (χ0v) is 15.4. The number of non-ortho nitro benzene ring substituents is 1. The van der Waals surface area contributed by atoms with E-state index in [0.717, 1.165) is 25.5 Å². The maximum Gasteiger partial charge on any atom is 0.273 e. The number of nitro benzene ring substituents is 1. The molecule has 0 bridgehead atoms. The predicted molar refractivity (Wildman–Crippen MR) is 94.0 cm³/mol. The first-order chi connectivity index (χ1) is 11.6. The highest BCUT2D eigenvalue weighted by Crippen LogP contribution is 2.41. The Hall–Kier alpha value is -2.15. The zero-order chi connectivity index (χ0) is 18.8. The van der Waals surface area contributed by atoms with Crippen LogP contribution in [0.15, 0.2) is 18.2 Å². The van der Waals surface area contributed by atoms with Crippen LogP contribution in [0.5, 0.6) is 11.5 Å². The Bertz CT molecular complexity index is 641. The maximum atomic E-state index is 11.8. The Kier molecular flexibility index (Phi) is 5.37. The monoisotopic (exact) mass is 350 g/mol. The summed E-state index contributed by atoms with van der Waals surface area (Å²) in [4.78, 5) is 24.3. The molecule has 25 heavy (non-hydrogen) atoms. The van der Waals surface area contributed by atoms with Gasteiger partial charge in [0.05, 0.1) is 18.1 Å². The summed E-state index contributed by atoms with van der Waals surface area (Å²) in [5.74, 6) is 0.538. The van der Waals surface area contributed by atoms with Crippen molar-refractivity contribution in [2.24, 2.45) is 0 Å². The van der Waals surface area contributed by atoms with Crippen molar-refractivity contribution in [2.75, 3.05) is 7.11 Å². The number of aldehydes is 1. The Balaban J connectivity index is 2.36. The van der Waals surface area contributed by atoms with E-state index in [4.69, 9.17) is 9.47 Å². The van der Waals surface area contributed by atoms with Crippen molar-refractivity contribution in [3.8, 4) is 11.5 Å². The number of ether oxygens (including phenoxy) is 2. The number of rotatable bonds is 6. The van der Waals surface area contributed by atoms with E-state index in [-0.39, 0.29) is 22.5 Å². The lowest BCUT2D eigenvalue weighted by atomic mass is 9.79. The van der Waals surface area contributed by atoms with E-state index in [1.165, 1.54) is 25.3 Å². The average molecular weight is 350 g/mol. The molecule has 7 nitrogen and oxygen atoms in total. The molecule has 1 aliphatic rings. The number of likely N-dealkylation sites (tertiary alicyclic amines) is 1. The Morgan fingerprint density at radius 3 is 2.28 bits per heavy atom. The summed E-state index contributed by atoms with van der Waals surface area (Å²) in [5.41, 5.74) is -0.506. The lowest BCUT2D eigenvalue weighted by molar-refractivity contribution is -0.385. The molecule has 0 saturated carbocycles. The molecular weight excluding hydrogens is 324 g/mol. The van der Waals surface area contributed by atoms with Crippen molar-refractivity contribution < 1.29 is 19.2 Å². The number of benzene rings is 1. The summed E-state index contributed by atoms with van der Waals surface area (Å²) in [7, 11) is 1.41. The molecule has 1 unspecified atom stereocenters. The van der Waals surface area contributed by atoms with Gasteiger partial charge in [0.2, 0.25) is 6.23 Å². The van der Waals surface area contributed by atoms with Gasteiger partial charge < -0.3 is 9.47 Å². The molecule has 0 aromatic heterocycles. The molecule has 0 N–H and O–H groups in total. The lowest BCUT2D eigenvalue weighted by Crippen LogP contribution is -2.64. The van der Waals surface area contributed by atoms with E-state index in [0.29, 0.717) is 5.75 Å². The van der Waals surface area contributed by atoms with Crippen LogP contribution in [0.4, 0.5) is 5.69 Å². The molecule has 0 radical (unpaired) electrons. The van der Waals surface area contributed by atoms with Gasteiger partial charge in [-0.1, -0.05) is 0 Å². The van der Waals surface area contributed by atoms with Gasteiger partial charge in [-0.2, -0.15) is 0 Å². The second kappa shape index (κ2) is 7.00. The average Bonchev–Trinajstić information content (AvgIpc) is 2.52. The van der Waals surface area contributed by atoms with Gasteiger partial charge in [0, 0.05) is 17.1 Å². The number of carbonyl (C=O) groups excluding carboxylic acids is 1. The van der Waals surface area contributed by atoms with Crippen LogP contribution in [0.25, 0.3) is 0 Å². The van der Waals surface area contributed by atoms with Crippen LogP contribution in [-0.2, 0) is 4.79 Å². The number of carbonyl (C=O) groups is 1. The molecule has 0 amide bonds. The SMILES string of the molecule is COc1cc([N+](=O)[O-])ccc1OC(C=O)N1C(C)(C)CCCC1(C)C. The first-order valence-corrected chi connectivity index (χ1v) is 8.36. The molecule has 2 rings (SSSR count). The van der Waals surface area contributed by atoms with Crippen LogP contribution in [0.3, 0.4) is 0 Å². The second-order valence-corrected chi connectivity index (χ2v) is 7.59. The number of hydrogen-bond acceptors (Lipinski definition) is 6. The maximum absolute atomic E-state index is 11.8. The van der Waals surface area contributed by atoms with E-state index in [1.807, 2.05) is 0 Å². The molecule has 1 saturated heterocycles. The fourth-order valence-electron chi connectivity index (χ4n) is 3.84. The summed E-state index contributed by atoms with van der Waals surface area (Å²) in [6.45, 7) is 8.39. The summed E-state index contributed by atoms with van der Waals surface area (Å²) in [5, 5.41) is 10.9. The molecule has 1 fully saturated rings. The third-order valence-electron chi connectivity index (χ3n) is 4.86. The van der Waals surface area contributed by atoms with Gasteiger partial charge in [-0.15, -0.1) is 0 Å². The number of nitrogens with zero attached hydrogens (tertiary/aromatic N) is 2. The Labute approximate surface area is 148 Å². The van der Waals surface area contributed by atoms with Crippen molar-refractivity contribution in [2.45, 2.75) is 64.3 Å². The van der Waals surface area contributed by atoms with Gasteiger partial charge >= 0.3 is 0 Å². The molecule has 1 aliphatic heterocycles. The van der Waals surface area contributed by atoms with Crippen molar-refractivity contribution >= 4 is 12.0 Å². The fraction of sp³-hybridized carbons (Fsp3) is 0.611. The van der Waals surface area contributed by atoms with E-state index >= 15 is 0 Å². The summed E-state index contributed by atoms with van der Waals surface area (Å²) < 4.78 is 11.2. The Morgan fingerprint density at radius 1 is 1.20 bits per heavy atom. The summed E-state index contributed by atoms with van der Waals surface area (Å²) in [6, 6.07) is 4.10. The van der Waals surface area contributed by atoms with Crippen LogP contribution >= 0.6 is 0 Å². The summed E-state index contributed by atoms with van der Waals surface area (Å²) in [6.07, 6.45) is 2.97. The normalized spacial score (nSPS) is 20.5. The standard InChI is InChI=1S/C18H26N2O5/c1-17(2)9-6-10-18(3,4)19(17)16(12-21)25-14-8-7-13(20(22)23)11-15(14)24-5/h7-8,11-12,16H,6,9-10H2,1-5H3. The van der Waals surface area contributed by atoms with Crippen LogP contribution in [0.1, 0.15) is 47.0 Å². The fourth-order valence-corrected chi connectivity index (χ4v) is 3.84. The molecular formula is C18H26N2O5. The molecule has 1 atom stereocenters. The number of piperidine rings is 1. The van der Waals surface area contributed by atoms with E-state index in [1.54, 1.807) is 0 Å². The van der Waals surface area contributed by atoms with Crippen molar-refractivity contribution in [1.82, 2.24) is 4.90 Å². The van der Waals surface area contributed by atoms with Gasteiger partial charge in [-0.3, -0.25) is 19.8 Å². The van der Waals surface area contributed by atoms with Gasteiger partial charge in [-0.25, -0.2) is 0 Å². The quantitative estimate of drug-likeness (QED) is 0.443. The highest BCUT2D eigenvalue weighted by molar-refractivity contribution is 5.58. The van der Waals surface area contributed by atoms with Crippen molar-refractivity contribution in [3.63, 3.8) is 0 Å². The van der Waals surface area contributed by atoms with E-state index < -0.39 is 11.2 Å². The Morgan fingerprint density at radius 2 is 1.80 bits per heavy atom. The number of nitro groups is 1. The first-order valence-electron chi connectivity index (χ1n) is 8.36. The third kappa shape index (κ3) is 3.92. The molecule has 1 aromatic rings. The van der Waals surface area contributed by atoms with Crippen molar-refractivity contribution in [3.05, 3.63) is 28.3 Å². The second-order valence-electron chi connectivity index (χ2n) is 7.59. The number of hydrogen-bond donors (Lipinski definition) is 0. The van der Waals surface area contributed by atoms with Crippen molar-refractivity contribution in [1.29, 1.82) is 0 Å². The molecule has 138 valence electrons. The highest BCUT2D eigenvalue weighted by Gasteiger charge is 2.46. The zero-order valence-electron chi connectivity index (χ0n) is 15.4. The minimum absolute atomic E-state index is 0.0921. The van der Waals surface area contributed by atoms with E-state index in [9.17, 15) is 14.9 Å². The molecule has 1 heterocycles. The predicted octanol–water partition coefficient (Wildman–Crippen LogP) is 3.55. The van der Waals surface area contributed by atoms with Gasteiger partial charge in [0.15, 0.2) is 17.8 Å². The number of methoxy groups -OCH3 is 1. The van der Waals surface area contributed by atoms with Crippen LogP contribution in [0.2, 0.25) is 0 Å². The third-order valence-corrected chi connectivity index (χ3v) is 4.86. The molecule has 0 spiro atoms. The smallest absolute Gasteiger partial charge is 0.273 e. The largest absolute Gasteiger partial charge is 0.493 e. The van der Waals surface area contributed by atoms with Gasteiger partial charge in [0.25, 0.3) is 5.69 Å². The molecule has 1 aromatic carbocycles. The van der Waals surface area contributed by atoms with Crippen LogP contribution in [0, 0.1) is 10.1 Å². The van der Waals surface area contributed by atoms with Gasteiger partial charge in [0.1, 0.15) is 0 Å². The van der Waals surface area contributed by atoms with Crippen LogP contribution < -0.4 is 9.47 Å². The van der Waals surface area contributed by atoms with Crippen LogP contribution in [-0.4, -0.2) is 40.5 Å². The molecule has 7 heteroatoms. The highest BCUT2D eigenvalue weighted by atomic mass is 16.6. The van der Waals surface area contributed by atoms with Gasteiger partial charge in [-0.05, 0) is 53.0 Å². The topological polar surface area (TPSA) is 81.9 Å². The minimum atomic E-state index is -0.805. The minimum Gasteiger partial charge on any atom is -0.493 e. The lowest BCUT2D eigenvalue weighted by Gasteiger charge is -2.54.